The smallest absolute Gasteiger partial charge is 0.251 e. The molecule has 3 nitrogen and oxygen atoms in total. The van der Waals surface area contributed by atoms with Gasteiger partial charge in [-0.05, 0) is 57.4 Å². The van der Waals surface area contributed by atoms with E-state index in [0.717, 1.165) is 36.2 Å². The average molecular weight is 274 g/mol. The molecule has 0 saturated heterocycles. The van der Waals surface area contributed by atoms with E-state index in [1.807, 2.05) is 25.1 Å². The summed E-state index contributed by atoms with van der Waals surface area (Å²) in [6.07, 6.45) is 5.91. The predicted molar refractivity (Wildman–Crippen MR) is 84.3 cm³/mol. The van der Waals surface area contributed by atoms with Gasteiger partial charge in [0.15, 0.2) is 0 Å². The summed E-state index contributed by atoms with van der Waals surface area (Å²) >= 11 is 0. The molecule has 1 aromatic carbocycles. The molecule has 1 saturated carbocycles. The highest BCUT2D eigenvalue weighted by molar-refractivity contribution is 5.95. The number of benzene rings is 1. The van der Waals surface area contributed by atoms with Crippen molar-refractivity contribution in [3.05, 3.63) is 29.3 Å². The Morgan fingerprint density at radius 1 is 1.25 bits per heavy atom. The normalized spacial score (nSPS) is 17.6. The first-order chi connectivity index (χ1) is 9.54. The average Bonchev–Trinajstić information content (AvgIpc) is 2.41. The van der Waals surface area contributed by atoms with Gasteiger partial charge in [-0.1, -0.05) is 19.3 Å². The van der Waals surface area contributed by atoms with E-state index in [1.165, 1.54) is 19.3 Å². The predicted octanol–water partition coefficient (Wildman–Crippen LogP) is 3.88. The lowest BCUT2D eigenvalue weighted by molar-refractivity contribution is 0.0882. The summed E-state index contributed by atoms with van der Waals surface area (Å²) in [6, 6.07) is 5.88. The number of carbonyl (C=O) groups excluding carboxylic acids is 1. The Balaban J connectivity index is 2.07. The highest BCUT2D eigenvalue weighted by atomic mass is 16.1. The lowest BCUT2D eigenvalue weighted by Crippen LogP contribution is -2.47. The standard InChI is InChI=1S/C17H26N2O/c1-4-18-15-9-8-14(12-13(15)2)16(20)19-17(3)10-6-5-7-11-17/h8-9,12,18H,4-7,10-11H2,1-3H3,(H,19,20). The summed E-state index contributed by atoms with van der Waals surface area (Å²) in [5.74, 6) is 0.0561. The van der Waals surface area contributed by atoms with E-state index in [1.54, 1.807) is 0 Å². The third-order valence-corrected chi connectivity index (χ3v) is 4.23. The Kier molecular flexibility index (Phi) is 4.69. The Morgan fingerprint density at radius 3 is 2.55 bits per heavy atom. The fraction of sp³-hybridized carbons (Fsp3) is 0.588. The molecule has 2 N–H and O–H groups in total. The maximum absolute atomic E-state index is 12.4. The third kappa shape index (κ3) is 3.53. The molecule has 0 aromatic heterocycles. The van der Waals surface area contributed by atoms with Gasteiger partial charge in [-0.25, -0.2) is 0 Å². The largest absolute Gasteiger partial charge is 0.385 e. The summed E-state index contributed by atoms with van der Waals surface area (Å²) in [4.78, 5) is 12.4. The molecule has 1 aromatic rings. The van der Waals surface area contributed by atoms with E-state index >= 15 is 0 Å². The van der Waals surface area contributed by atoms with Gasteiger partial charge in [-0.3, -0.25) is 4.79 Å². The van der Waals surface area contributed by atoms with Crippen LogP contribution in [0.25, 0.3) is 0 Å². The van der Waals surface area contributed by atoms with Crippen LogP contribution in [0.15, 0.2) is 18.2 Å². The number of hydrogen-bond donors (Lipinski definition) is 2. The number of anilines is 1. The molecule has 1 fully saturated rings. The zero-order valence-corrected chi connectivity index (χ0v) is 12.9. The molecule has 1 aliphatic carbocycles. The van der Waals surface area contributed by atoms with Crippen LogP contribution in [0.2, 0.25) is 0 Å². The van der Waals surface area contributed by atoms with Gasteiger partial charge in [0, 0.05) is 23.3 Å². The van der Waals surface area contributed by atoms with Gasteiger partial charge in [0.05, 0.1) is 0 Å². The van der Waals surface area contributed by atoms with Crippen molar-refractivity contribution in [1.29, 1.82) is 0 Å². The Labute approximate surface area is 122 Å². The number of rotatable bonds is 4. The quantitative estimate of drug-likeness (QED) is 0.875. The zero-order chi connectivity index (χ0) is 14.6. The Bertz CT molecular complexity index is 476. The van der Waals surface area contributed by atoms with Crippen LogP contribution in [-0.4, -0.2) is 18.0 Å². The van der Waals surface area contributed by atoms with Crippen LogP contribution < -0.4 is 10.6 Å². The van der Waals surface area contributed by atoms with Crippen LogP contribution in [0.5, 0.6) is 0 Å². The molecule has 1 aliphatic rings. The van der Waals surface area contributed by atoms with Crippen LogP contribution in [0.3, 0.4) is 0 Å². The molecule has 0 unspecified atom stereocenters. The van der Waals surface area contributed by atoms with Crippen molar-refractivity contribution in [3.8, 4) is 0 Å². The van der Waals surface area contributed by atoms with E-state index in [2.05, 4.69) is 24.5 Å². The fourth-order valence-corrected chi connectivity index (χ4v) is 3.00. The number of aryl methyl sites for hydroxylation is 1. The molecule has 0 spiro atoms. The minimum Gasteiger partial charge on any atom is -0.385 e. The third-order valence-electron chi connectivity index (χ3n) is 4.23. The summed E-state index contributed by atoms with van der Waals surface area (Å²) < 4.78 is 0. The van der Waals surface area contributed by atoms with E-state index in [4.69, 9.17) is 0 Å². The molecular formula is C17H26N2O. The van der Waals surface area contributed by atoms with Crippen LogP contribution in [0.4, 0.5) is 5.69 Å². The lowest BCUT2D eigenvalue weighted by atomic mass is 9.83. The molecule has 3 heteroatoms. The van der Waals surface area contributed by atoms with E-state index < -0.39 is 0 Å². The Hall–Kier alpha value is -1.51. The summed E-state index contributed by atoms with van der Waals surface area (Å²) in [5.41, 5.74) is 2.96. The number of amides is 1. The first kappa shape index (κ1) is 14.9. The second-order valence-corrected chi connectivity index (χ2v) is 6.14. The zero-order valence-electron chi connectivity index (χ0n) is 12.9. The van der Waals surface area contributed by atoms with Gasteiger partial charge in [0.25, 0.3) is 5.91 Å². The maximum Gasteiger partial charge on any atom is 0.251 e. The van der Waals surface area contributed by atoms with Crippen molar-refractivity contribution in [2.75, 3.05) is 11.9 Å². The number of nitrogens with one attached hydrogen (secondary N) is 2. The maximum atomic E-state index is 12.4. The van der Waals surface area contributed by atoms with Crippen molar-refractivity contribution in [3.63, 3.8) is 0 Å². The second-order valence-electron chi connectivity index (χ2n) is 6.14. The first-order valence-electron chi connectivity index (χ1n) is 7.71. The molecule has 110 valence electrons. The topological polar surface area (TPSA) is 41.1 Å². The minimum absolute atomic E-state index is 0.0242. The molecule has 20 heavy (non-hydrogen) atoms. The summed E-state index contributed by atoms with van der Waals surface area (Å²) in [6.45, 7) is 7.18. The van der Waals surface area contributed by atoms with Gasteiger partial charge in [0.2, 0.25) is 0 Å². The molecule has 0 aliphatic heterocycles. The summed E-state index contributed by atoms with van der Waals surface area (Å²) in [5, 5.41) is 6.53. The van der Waals surface area contributed by atoms with Crippen molar-refractivity contribution in [1.82, 2.24) is 5.32 Å². The van der Waals surface area contributed by atoms with Crippen LogP contribution in [0.1, 0.15) is 61.9 Å². The molecule has 0 heterocycles. The van der Waals surface area contributed by atoms with E-state index in [-0.39, 0.29) is 11.4 Å². The van der Waals surface area contributed by atoms with Crippen molar-refractivity contribution >= 4 is 11.6 Å². The van der Waals surface area contributed by atoms with Gasteiger partial charge in [0.1, 0.15) is 0 Å². The van der Waals surface area contributed by atoms with Crippen LogP contribution >= 0.6 is 0 Å². The van der Waals surface area contributed by atoms with Gasteiger partial charge >= 0.3 is 0 Å². The van der Waals surface area contributed by atoms with Crippen molar-refractivity contribution in [2.24, 2.45) is 0 Å². The van der Waals surface area contributed by atoms with E-state index in [0.29, 0.717) is 0 Å². The summed E-state index contributed by atoms with van der Waals surface area (Å²) in [7, 11) is 0. The van der Waals surface area contributed by atoms with Crippen LogP contribution in [0, 0.1) is 6.92 Å². The van der Waals surface area contributed by atoms with Gasteiger partial charge < -0.3 is 10.6 Å². The molecule has 0 atom stereocenters. The lowest BCUT2D eigenvalue weighted by Gasteiger charge is -2.34. The Morgan fingerprint density at radius 2 is 1.95 bits per heavy atom. The molecule has 0 radical (unpaired) electrons. The molecular weight excluding hydrogens is 248 g/mol. The SMILES string of the molecule is CCNc1ccc(C(=O)NC2(C)CCCCC2)cc1C. The highest BCUT2D eigenvalue weighted by Crippen LogP contribution is 2.28. The number of carbonyl (C=O) groups is 1. The van der Waals surface area contributed by atoms with E-state index in [9.17, 15) is 4.79 Å². The van der Waals surface area contributed by atoms with Gasteiger partial charge in [-0.15, -0.1) is 0 Å². The molecule has 0 bridgehead atoms. The van der Waals surface area contributed by atoms with Gasteiger partial charge in [-0.2, -0.15) is 0 Å². The number of hydrogen-bond acceptors (Lipinski definition) is 2. The molecule has 2 rings (SSSR count). The van der Waals surface area contributed by atoms with Crippen molar-refractivity contribution in [2.45, 2.75) is 58.4 Å². The fourth-order valence-electron chi connectivity index (χ4n) is 3.00. The second kappa shape index (κ2) is 6.29. The van der Waals surface area contributed by atoms with Crippen molar-refractivity contribution < 1.29 is 4.79 Å². The molecule has 1 amide bonds. The monoisotopic (exact) mass is 274 g/mol. The highest BCUT2D eigenvalue weighted by Gasteiger charge is 2.28. The first-order valence-corrected chi connectivity index (χ1v) is 7.71. The minimum atomic E-state index is -0.0242. The van der Waals surface area contributed by atoms with Crippen LogP contribution in [-0.2, 0) is 0 Å².